The third kappa shape index (κ3) is 4.93. The van der Waals surface area contributed by atoms with Crippen LogP contribution >= 0.6 is 11.3 Å². The number of carbonyl (C=O) groups is 1. The molecule has 0 aliphatic heterocycles. The summed E-state index contributed by atoms with van der Waals surface area (Å²) in [6, 6.07) is 12.0. The molecule has 0 aliphatic carbocycles. The molecule has 0 unspecified atom stereocenters. The first-order valence-corrected chi connectivity index (χ1v) is 10.6. The number of halogens is 2. The molecule has 1 aromatic heterocycles. The zero-order chi connectivity index (χ0) is 20.1. The molecule has 0 atom stereocenters. The molecule has 2 aromatic carbocycles. The fourth-order valence-corrected chi connectivity index (χ4v) is 4.18. The summed E-state index contributed by atoms with van der Waals surface area (Å²) in [6.45, 7) is 0.490. The number of nitrogens with one attached hydrogen (secondary N) is 2. The molecule has 0 bridgehead atoms. The maximum atomic E-state index is 13.3. The average molecular weight is 422 g/mol. The summed E-state index contributed by atoms with van der Waals surface area (Å²) in [6.07, 6.45) is 0.732. The SMILES string of the molecule is O=C(NCCc1cccs1)c1ccc(NS(=O)(=O)c2ccc(F)c(F)c2)cc1. The Kier molecular flexibility index (Phi) is 6.05. The van der Waals surface area contributed by atoms with E-state index in [1.807, 2.05) is 17.5 Å². The third-order valence-electron chi connectivity index (χ3n) is 3.84. The number of benzene rings is 2. The van der Waals surface area contributed by atoms with E-state index < -0.39 is 26.6 Å². The van der Waals surface area contributed by atoms with Gasteiger partial charge in [-0.05, 0) is 60.3 Å². The van der Waals surface area contributed by atoms with Gasteiger partial charge in [-0.15, -0.1) is 11.3 Å². The second kappa shape index (κ2) is 8.49. The second-order valence-electron chi connectivity index (χ2n) is 5.84. The molecule has 5 nitrogen and oxygen atoms in total. The fraction of sp³-hybridized carbons (Fsp3) is 0.105. The van der Waals surface area contributed by atoms with Crippen LogP contribution in [0.3, 0.4) is 0 Å². The number of amides is 1. The number of hydrogen-bond acceptors (Lipinski definition) is 4. The monoisotopic (exact) mass is 422 g/mol. The normalized spacial score (nSPS) is 11.2. The highest BCUT2D eigenvalue weighted by atomic mass is 32.2. The van der Waals surface area contributed by atoms with Crippen molar-refractivity contribution in [3.8, 4) is 0 Å². The van der Waals surface area contributed by atoms with Gasteiger partial charge >= 0.3 is 0 Å². The van der Waals surface area contributed by atoms with Crippen LogP contribution in [0.5, 0.6) is 0 Å². The van der Waals surface area contributed by atoms with Gasteiger partial charge in [0.05, 0.1) is 4.90 Å². The van der Waals surface area contributed by atoms with Crippen LogP contribution in [-0.4, -0.2) is 20.9 Å². The summed E-state index contributed by atoms with van der Waals surface area (Å²) in [4.78, 5) is 12.9. The van der Waals surface area contributed by atoms with Gasteiger partial charge in [0.25, 0.3) is 15.9 Å². The molecule has 1 amide bonds. The van der Waals surface area contributed by atoms with Crippen LogP contribution in [0.15, 0.2) is 64.9 Å². The van der Waals surface area contributed by atoms with Crippen molar-refractivity contribution in [1.29, 1.82) is 0 Å². The number of sulfonamides is 1. The molecule has 9 heteroatoms. The summed E-state index contributed by atoms with van der Waals surface area (Å²) in [5.41, 5.74) is 0.571. The Morgan fingerprint density at radius 1 is 1.00 bits per heavy atom. The van der Waals surface area contributed by atoms with E-state index in [1.165, 1.54) is 29.1 Å². The highest BCUT2D eigenvalue weighted by Gasteiger charge is 2.17. The lowest BCUT2D eigenvalue weighted by Gasteiger charge is -2.09. The standard InChI is InChI=1S/C19H16F2N2O3S2/c20-17-8-7-16(12-18(17)21)28(25,26)23-14-5-3-13(4-6-14)19(24)22-10-9-15-2-1-11-27-15/h1-8,11-12,23H,9-10H2,(H,22,24). The predicted octanol–water partition coefficient (Wildman–Crippen LogP) is 3.80. The van der Waals surface area contributed by atoms with E-state index in [2.05, 4.69) is 10.0 Å². The number of thiophene rings is 1. The van der Waals surface area contributed by atoms with E-state index in [0.29, 0.717) is 18.2 Å². The van der Waals surface area contributed by atoms with E-state index in [4.69, 9.17) is 0 Å². The van der Waals surface area contributed by atoms with Gasteiger partial charge in [0, 0.05) is 22.7 Å². The van der Waals surface area contributed by atoms with E-state index >= 15 is 0 Å². The minimum absolute atomic E-state index is 0.194. The summed E-state index contributed by atoms with van der Waals surface area (Å²) in [7, 11) is -4.08. The number of carbonyl (C=O) groups excluding carboxylic acids is 1. The Hall–Kier alpha value is -2.78. The number of hydrogen-bond donors (Lipinski definition) is 2. The quantitative estimate of drug-likeness (QED) is 0.608. The van der Waals surface area contributed by atoms with Gasteiger partial charge in [0.15, 0.2) is 11.6 Å². The number of anilines is 1. The molecule has 3 aromatic rings. The molecule has 3 rings (SSSR count). The van der Waals surface area contributed by atoms with Crippen LogP contribution in [0.4, 0.5) is 14.5 Å². The lowest BCUT2D eigenvalue weighted by Crippen LogP contribution is -2.25. The molecule has 1 heterocycles. The van der Waals surface area contributed by atoms with E-state index in [-0.39, 0.29) is 11.6 Å². The molecule has 146 valence electrons. The molecular weight excluding hydrogens is 406 g/mol. The topological polar surface area (TPSA) is 75.3 Å². The predicted molar refractivity (Wildman–Crippen MR) is 104 cm³/mol. The largest absolute Gasteiger partial charge is 0.352 e. The molecule has 0 spiro atoms. The van der Waals surface area contributed by atoms with Crippen LogP contribution in [0.1, 0.15) is 15.2 Å². The molecule has 0 saturated heterocycles. The smallest absolute Gasteiger partial charge is 0.261 e. The van der Waals surface area contributed by atoms with Crippen molar-refractivity contribution >= 4 is 33.0 Å². The van der Waals surface area contributed by atoms with Crippen molar-refractivity contribution in [1.82, 2.24) is 5.32 Å². The van der Waals surface area contributed by atoms with E-state index in [1.54, 1.807) is 11.3 Å². The van der Waals surface area contributed by atoms with Crippen LogP contribution < -0.4 is 10.0 Å². The van der Waals surface area contributed by atoms with Crippen molar-refractivity contribution in [3.05, 3.63) is 82.1 Å². The van der Waals surface area contributed by atoms with Crippen molar-refractivity contribution in [3.63, 3.8) is 0 Å². The van der Waals surface area contributed by atoms with E-state index in [0.717, 1.165) is 18.6 Å². The van der Waals surface area contributed by atoms with Gasteiger partial charge < -0.3 is 5.32 Å². The van der Waals surface area contributed by atoms with Crippen molar-refractivity contribution in [2.75, 3.05) is 11.3 Å². The van der Waals surface area contributed by atoms with Crippen LogP contribution in [0.2, 0.25) is 0 Å². The van der Waals surface area contributed by atoms with Gasteiger partial charge in [-0.25, -0.2) is 17.2 Å². The minimum Gasteiger partial charge on any atom is -0.352 e. The number of rotatable bonds is 7. The van der Waals surface area contributed by atoms with Gasteiger partial charge in [-0.3, -0.25) is 9.52 Å². The first-order valence-electron chi connectivity index (χ1n) is 8.24. The summed E-state index contributed by atoms with van der Waals surface area (Å²) >= 11 is 1.62. The van der Waals surface area contributed by atoms with Gasteiger partial charge in [0.1, 0.15) is 0 Å². The van der Waals surface area contributed by atoms with Gasteiger partial charge in [-0.2, -0.15) is 0 Å². The van der Waals surface area contributed by atoms with Crippen molar-refractivity contribution in [2.24, 2.45) is 0 Å². The Labute approximate surface area is 165 Å². The summed E-state index contributed by atoms with van der Waals surface area (Å²) in [5.74, 6) is -2.66. The molecule has 0 saturated carbocycles. The molecular formula is C19H16F2N2O3S2. The average Bonchev–Trinajstić information content (AvgIpc) is 3.17. The molecule has 28 heavy (non-hydrogen) atoms. The Balaban J connectivity index is 1.61. The van der Waals surface area contributed by atoms with Crippen molar-refractivity contribution in [2.45, 2.75) is 11.3 Å². The van der Waals surface area contributed by atoms with Gasteiger partial charge in [-0.1, -0.05) is 6.07 Å². The fourth-order valence-electron chi connectivity index (χ4n) is 2.40. The zero-order valence-electron chi connectivity index (χ0n) is 14.5. The molecule has 0 radical (unpaired) electrons. The van der Waals surface area contributed by atoms with Crippen LogP contribution in [0, 0.1) is 11.6 Å². The minimum atomic E-state index is -4.08. The first kappa shape index (κ1) is 20.0. The van der Waals surface area contributed by atoms with Crippen LogP contribution in [-0.2, 0) is 16.4 Å². The molecule has 0 aliphatic rings. The van der Waals surface area contributed by atoms with Crippen LogP contribution in [0.25, 0.3) is 0 Å². The Bertz CT molecular complexity index is 1070. The Morgan fingerprint density at radius 3 is 2.39 bits per heavy atom. The maximum Gasteiger partial charge on any atom is 0.261 e. The highest BCUT2D eigenvalue weighted by Crippen LogP contribution is 2.19. The first-order chi connectivity index (χ1) is 13.3. The third-order valence-corrected chi connectivity index (χ3v) is 6.15. The zero-order valence-corrected chi connectivity index (χ0v) is 16.1. The highest BCUT2D eigenvalue weighted by molar-refractivity contribution is 7.92. The lowest BCUT2D eigenvalue weighted by molar-refractivity contribution is 0.0954. The second-order valence-corrected chi connectivity index (χ2v) is 8.56. The van der Waals surface area contributed by atoms with Crippen molar-refractivity contribution < 1.29 is 22.0 Å². The van der Waals surface area contributed by atoms with Gasteiger partial charge in [0.2, 0.25) is 0 Å². The summed E-state index contributed by atoms with van der Waals surface area (Å²) < 4.78 is 53.0. The molecule has 2 N–H and O–H groups in total. The molecule has 0 fully saturated rings. The summed E-state index contributed by atoms with van der Waals surface area (Å²) in [5, 5.41) is 4.76. The Morgan fingerprint density at radius 2 is 1.75 bits per heavy atom. The lowest BCUT2D eigenvalue weighted by atomic mass is 10.2. The maximum absolute atomic E-state index is 13.3. The van der Waals surface area contributed by atoms with E-state index in [9.17, 15) is 22.0 Å².